The van der Waals surface area contributed by atoms with Crippen LogP contribution in [0.5, 0.6) is 0 Å². The van der Waals surface area contributed by atoms with Crippen LogP contribution in [0.25, 0.3) is 0 Å². The second-order valence-corrected chi connectivity index (χ2v) is 4.32. The van der Waals surface area contributed by atoms with E-state index in [4.69, 9.17) is 4.52 Å². The third-order valence-electron chi connectivity index (χ3n) is 1.63. The van der Waals surface area contributed by atoms with Gasteiger partial charge in [-0.1, -0.05) is 6.92 Å². The van der Waals surface area contributed by atoms with E-state index < -0.39 is 0 Å². The van der Waals surface area contributed by atoms with E-state index in [1.165, 1.54) is 6.16 Å². The molecule has 4 atom stereocenters. The summed E-state index contributed by atoms with van der Waals surface area (Å²) >= 11 is 0. The molecule has 1 nitrogen and oxygen atoms in total. The van der Waals surface area contributed by atoms with Gasteiger partial charge in [-0.2, -0.15) is 0 Å². The highest BCUT2D eigenvalue weighted by Crippen LogP contribution is 2.20. The summed E-state index contributed by atoms with van der Waals surface area (Å²) in [6.07, 6.45) is 1.77. The van der Waals surface area contributed by atoms with Crippen LogP contribution in [0, 0.1) is 5.92 Å². The molecular weight excluding hydrogens is 162 g/mol. The van der Waals surface area contributed by atoms with Crippen molar-refractivity contribution in [3.8, 4) is 0 Å². The smallest absolute Gasteiger partial charge is 0.0614 e. The van der Waals surface area contributed by atoms with Crippen LogP contribution in [0.3, 0.4) is 0 Å². The number of hydrogen-bond donors (Lipinski definition) is 0. The molecule has 0 radical (unpaired) electrons. The lowest BCUT2D eigenvalue weighted by Crippen LogP contribution is -2.16. The Morgan fingerprint density at radius 3 is 2.30 bits per heavy atom. The summed E-state index contributed by atoms with van der Waals surface area (Å²) in [5, 5.41) is 0. The monoisotopic (exact) mass is 180 g/mol. The Hall–Kier alpha value is 0.820. The van der Waals surface area contributed by atoms with Crippen molar-refractivity contribution in [3.05, 3.63) is 0 Å². The highest BCUT2D eigenvalue weighted by Gasteiger charge is 2.09. The maximum atomic E-state index is 5.49. The molecular formula is C7H18OP2. The molecule has 3 heteroatoms. The van der Waals surface area contributed by atoms with Crippen molar-refractivity contribution in [1.82, 2.24) is 0 Å². The quantitative estimate of drug-likeness (QED) is 0.591. The van der Waals surface area contributed by atoms with Crippen LogP contribution in [0.2, 0.25) is 0 Å². The minimum atomic E-state index is 0.454. The van der Waals surface area contributed by atoms with Crippen molar-refractivity contribution in [2.24, 2.45) is 5.92 Å². The lowest BCUT2D eigenvalue weighted by molar-refractivity contribution is 0.200. The molecule has 0 fully saturated rings. The summed E-state index contributed by atoms with van der Waals surface area (Å²) < 4.78 is 5.49. The number of rotatable bonds is 5. The van der Waals surface area contributed by atoms with Crippen LogP contribution in [0.1, 0.15) is 13.8 Å². The first-order valence-corrected chi connectivity index (χ1v) is 6.81. The molecule has 0 aromatic carbocycles. The maximum Gasteiger partial charge on any atom is 0.0614 e. The lowest BCUT2D eigenvalue weighted by Gasteiger charge is -2.18. The van der Waals surface area contributed by atoms with Crippen molar-refractivity contribution in [2.45, 2.75) is 20.0 Å². The van der Waals surface area contributed by atoms with Crippen molar-refractivity contribution in [2.75, 3.05) is 19.5 Å². The molecule has 0 aliphatic carbocycles. The van der Waals surface area contributed by atoms with Crippen LogP contribution in [-0.2, 0) is 4.52 Å². The molecule has 0 spiro atoms. The summed E-state index contributed by atoms with van der Waals surface area (Å²) in [6.45, 7) is 8.76. The Kier molecular flexibility index (Phi) is 7.06. The standard InChI is InChI=1S/C7H18OP2/c1-6(5-9-3)7(2)8-10-4/h6-7,9-10H,5H2,1-4H3/t6-,7?/m0/s1. The normalized spacial score (nSPS) is 19.2. The SMILES string of the molecule is CPC[C@H](C)C(C)OPC. The predicted molar refractivity (Wildman–Crippen MR) is 53.1 cm³/mol. The van der Waals surface area contributed by atoms with Gasteiger partial charge >= 0.3 is 0 Å². The Bertz CT molecular complexity index is 68.0. The van der Waals surface area contributed by atoms with Crippen molar-refractivity contribution in [3.63, 3.8) is 0 Å². The molecule has 0 aliphatic rings. The van der Waals surface area contributed by atoms with Crippen molar-refractivity contribution < 1.29 is 4.52 Å². The molecule has 0 aliphatic heterocycles. The first kappa shape index (κ1) is 10.8. The summed E-state index contributed by atoms with van der Waals surface area (Å²) in [4.78, 5) is 0. The Morgan fingerprint density at radius 2 is 1.90 bits per heavy atom. The molecule has 62 valence electrons. The molecule has 0 amide bonds. The molecule has 0 saturated carbocycles. The van der Waals surface area contributed by atoms with E-state index in [2.05, 4.69) is 27.2 Å². The molecule has 0 saturated heterocycles. The van der Waals surface area contributed by atoms with Gasteiger partial charge < -0.3 is 4.52 Å². The molecule has 0 aromatic heterocycles. The Balaban J connectivity index is 3.38. The summed E-state index contributed by atoms with van der Waals surface area (Å²) in [5.74, 6) is 0.732. The third-order valence-corrected chi connectivity index (χ3v) is 3.29. The minimum Gasteiger partial charge on any atom is -0.360 e. The van der Waals surface area contributed by atoms with Crippen molar-refractivity contribution in [1.29, 1.82) is 0 Å². The molecule has 0 rings (SSSR count). The predicted octanol–water partition coefficient (Wildman–Crippen LogP) is 2.56. The second kappa shape index (κ2) is 6.53. The topological polar surface area (TPSA) is 9.23 Å². The largest absolute Gasteiger partial charge is 0.360 e. The van der Waals surface area contributed by atoms with Gasteiger partial charge in [-0.15, -0.1) is 8.58 Å². The summed E-state index contributed by atoms with van der Waals surface area (Å²) in [6, 6.07) is 0. The van der Waals surface area contributed by atoms with E-state index in [1.54, 1.807) is 0 Å². The highest BCUT2D eigenvalue weighted by atomic mass is 31.1. The lowest BCUT2D eigenvalue weighted by atomic mass is 10.1. The van der Waals surface area contributed by atoms with Crippen LogP contribution < -0.4 is 0 Å². The Morgan fingerprint density at radius 1 is 1.30 bits per heavy atom. The first-order valence-electron chi connectivity index (χ1n) is 3.69. The van der Waals surface area contributed by atoms with Gasteiger partial charge in [-0.25, -0.2) is 0 Å². The first-order chi connectivity index (χ1) is 4.72. The molecule has 3 unspecified atom stereocenters. The third kappa shape index (κ3) is 4.61. The van der Waals surface area contributed by atoms with Gasteiger partial charge in [0.15, 0.2) is 0 Å². The zero-order valence-corrected chi connectivity index (χ0v) is 9.27. The molecule has 0 aromatic rings. The maximum absolute atomic E-state index is 5.49. The fourth-order valence-corrected chi connectivity index (χ4v) is 2.37. The van der Waals surface area contributed by atoms with Crippen LogP contribution in [-0.4, -0.2) is 25.6 Å². The average molecular weight is 180 g/mol. The van der Waals surface area contributed by atoms with Crippen LogP contribution >= 0.6 is 17.4 Å². The van der Waals surface area contributed by atoms with E-state index in [0.717, 1.165) is 14.5 Å². The van der Waals surface area contributed by atoms with Gasteiger partial charge in [0.25, 0.3) is 0 Å². The van der Waals surface area contributed by atoms with Crippen molar-refractivity contribution >= 4 is 17.4 Å². The van der Waals surface area contributed by atoms with E-state index in [0.29, 0.717) is 14.9 Å². The molecule has 10 heavy (non-hydrogen) atoms. The average Bonchev–Trinajstić information content (AvgIpc) is 1.89. The summed E-state index contributed by atoms with van der Waals surface area (Å²) in [5.41, 5.74) is 0. The molecule has 0 N–H and O–H groups in total. The van der Waals surface area contributed by atoms with Crippen LogP contribution in [0.15, 0.2) is 0 Å². The van der Waals surface area contributed by atoms with Gasteiger partial charge in [0.1, 0.15) is 0 Å². The fourth-order valence-electron chi connectivity index (χ4n) is 0.790. The van der Waals surface area contributed by atoms with Gasteiger partial charge in [0.05, 0.1) is 6.10 Å². The second-order valence-electron chi connectivity index (χ2n) is 2.56. The van der Waals surface area contributed by atoms with E-state index in [-0.39, 0.29) is 0 Å². The minimum absolute atomic E-state index is 0.454. The van der Waals surface area contributed by atoms with E-state index in [9.17, 15) is 0 Å². The molecule has 0 heterocycles. The van der Waals surface area contributed by atoms with Gasteiger partial charge in [0.2, 0.25) is 0 Å². The fraction of sp³-hybridized carbons (Fsp3) is 1.00. The highest BCUT2D eigenvalue weighted by molar-refractivity contribution is 7.37. The zero-order valence-electron chi connectivity index (χ0n) is 7.27. The zero-order chi connectivity index (χ0) is 7.98. The number of hydrogen-bond acceptors (Lipinski definition) is 1. The molecule has 0 bridgehead atoms. The van der Waals surface area contributed by atoms with Gasteiger partial charge in [0, 0.05) is 8.81 Å². The van der Waals surface area contributed by atoms with E-state index >= 15 is 0 Å². The van der Waals surface area contributed by atoms with Gasteiger partial charge in [-0.05, 0) is 32.3 Å². The van der Waals surface area contributed by atoms with Gasteiger partial charge in [-0.3, -0.25) is 0 Å². The van der Waals surface area contributed by atoms with E-state index in [1.807, 2.05) is 0 Å². The Labute approximate surface area is 68.0 Å². The summed E-state index contributed by atoms with van der Waals surface area (Å²) in [7, 11) is 1.70. The van der Waals surface area contributed by atoms with Crippen LogP contribution in [0.4, 0.5) is 0 Å².